The summed E-state index contributed by atoms with van der Waals surface area (Å²) >= 11 is 0. The second-order valence-electron chi connectivity index (χ2n) is 7.16. The number of phenols is 1. The van der Waals surface area contributed by atoms with E-state index in [0.717, 1.165) is 0 Å². The van der Waals surface area contributed by atoms with Crippen LogP contribution in [0.25, 0.3) is 11.6 Å². The maximum Gasteiger partial charge on any atom is 0.255 e. The lowest BCUT2D eigenvalue weighted by molar-refractivity contribution is -0.113. The molecule has 8 nitrogen and oxygen atoms in total. The molecule has 1 unspecified atom stereocenters. The molecule has 0 fully saturated rings. The number of rotatable bonds is 4. The summed E-state index contributed by atoms with van der Waals surface area (Å²) in [7, 11) is 0. The fourth-order valence-electron chi connectivity index (χ4n) is 3.68. The number of phenolic OH excluding ortho intramolecular Hbond substituents is 1. The van der Waals surface area contributed by atoms with E-state index >= 15 is 0 Å². The molecule has 2 aromatic heterocycles. The Morgan fingerprint density at radius 3 is 2.71 bits per heavy atom. The van der Waals surface area contributed by atoms with Gasteiger partial charge in [0.1, 0.15) is 11.8 Å². The van der Waals surface area contributed by atoms with Gasteiger partial charge in [-0.05, 0) is 48.9 Å². The summed E-state index contributed by atoms with van der Waals surface area (Å²) in [5.74, 6) is 1.23. The Balaban J connectivity index is 1.62. The van der Waals surface area contributed by atoms with Crippen molar-refractivity contribution in [3.05, 3.63) is 89.8 Å². The molecule has 1 aliphatic heterocycles. The second kappa shape index (κ2) is 7.49. The Labute approximate surface area is 177 Å². The van der Waals surface area contributed by atoms with Crippen molar-refractivity contribution in [2.75, 3.05) is 10.6 Å². The summed E-state index contributed by atoms with van der Waals surface area (Å²) in [5, 5.41) is 20.8. The van der Waals surface area contributed by atoms with E-state index in [1.54, 1.807) is 41.3 Å². The van der Waals surface area contributed by atoms with E-state index < -0.39 is 6.04 Å². The summed E-state index contributed by atoms with van der Waals surface area (Å²) in [6.07, 6.45) is 1.55. The summed E-state index contributed by atoms with van der Waals surface area (Å²) in [6, 6.07) is 19.0. The van der Waals surface area contributed by atoms with Gasteiger partial charge >= 0.3 is 0 Å². The highest BCUT2D eigenvalue weighted by molar-refractivity contribution is 6.06. The maximum atomic E-state index is 13.3. The maximum absolute atomic E-state index is 13.3. The zero-order valence-electron chi connectivity index (χ0n) is 16.6. The van der Waals surface area contributed by atoms with Gasteiger partial charge in [0.2, 0.25) is 11.8 Å². The van der Waals surface area contributed by atoms with Gasteiger partial charge in [0.25, 0.3) is 5.91 Å². The Hall–Kier alpha value is -4.33. The molecule has 3 heterocycles. The molecular weight excluding hydrogens is 394 g/mol. The number of nitrogens with one attached hydrogen (secondary N) is 2. The number of fused-ring (bicyclic) bond motifs is 1. The SMILES string of the molecule is CC1=C(C(=O)Nc2ccccc2)C(c2cccc(O)c2)n2nc(-c3ccco3)nc2N1. The van der Waals surface area contributed by atoms with E-state index in [9.17, 15) is 9.90 Å². The van der Waals surface area contributed by atoms with Gasteiger partial charge < -0.3 is 20.2 Å². The number of carbonyl (C=O) groups excluding carboxylic acids is 1. The molecule has 0 saturated heterocycles. The number of furan rings is 1. The number of carbonyl (C=O) groups is 1. The normalized spacial score (nSPS) is 15.3. The second-order valence-corrected chi connectivity index (χ2v) is 7.16. The van der Waals surface area contributed by atoms with Gasteiger partial charge in [-0.1, -0.05) is 30.3 Å². The number of nitrogens with zero attached hydrogens (tertiary/aromatic N) is 3. The van der Waals surface area contributed by atoms with Crippen LogP contribution in [0.15, 0.2) is 88.7 Å². The summed E-state index contributed by atoms with van der Waals surface area (Å²) < 4.78 is 7.08. The van der Waals surface area contributed by atoms with Crippen LogP contribution >= 0.6 is 0 Å². The van der Waals surface area contributed by atoms with E-state index in [1.165, 1.54) is 0 Å². The van der Waals surface area contributed by atoms with Crippen LogP contribution in [0, 0.1) is 0 Å². The van der Waals surface area contributed by atoms with Gasteiger partial charge in [0, 0.05) is 11.4 Å². The largest absolute Gasteiger partial charge is 0.508 e. The van der Waals surface area contributed by atoms with Crippen molar-refractivity contribution in [2.24, 2.45) is 0 Å². The number of allylic oxidation sites excluding steroid dienone is 1. The molecule has 5 rings (SSSR count). The first-order valence-corrected chi connectivity index (χ1v) is 9.73. The number of anilines is 2. The molecule has 154 valence electrons. The molecule has 1 aliphatic rings. The highest BCUT2D eigenvalue weighted by atomic mass is 16.3. The molecule has 0 aliphatic carbocycles. The van der Waals surface area contributed by atoms with E-state index in [-0.39, 0.29) is 11.7 Å². The molecular formula is C23H19N5O3. The van der Waals surface area contributed by atoms with Gasteiger partial charge in [0.15, 0.2) is 5.76 Å². The Bertz CT molecular complexity index is 1280. The van der Waals surface area contributed by atoms with Gasteiger partial charge in [-0.2, -0.15) is 4.98 Å². The third-order valence-corrected chi connectivity index (χ3v) is 5.06. The van der Waals surface area contributed by atoms with Gasteiger partial charge in [-0.3, -0.25) is 4.79 Å². The average Bonchev–Trinajstić information content (AvgIpc) is 3.43. The fourth-order valence-corrected chi connectivity index (χ4v) is 3.68. The monoisotopic (exact) mass is 413 g/mol. The first-order valence-electron chi connectivity index (χ1n) is 9.73. The standard InChI is InChI=1S/C23H19N5O3/c1-14-19(22(30)25-16-8-3-2-4-9-16)20(15-7-5-10-17(29)13-15)28-23(24-14)26-21(27-28)18-11-6-12-31-18/h2-13,20,29H,1H3,(H,25,30)(H,24,26,27). The van der Waals surface area contributed by atoms with Crippen LogP contribution in [-0.2, 0) is 4.79 Å². The number of hydrogen-bond acceptors (Lipinski definition) is 6. The zero-order valence-corrected chi connectivity index (χ0v) is 16.6. The van der Waals surface area contributed by atoms with Crippen LogP contribution in [0.4, 0.5) is 11.6 Å². The van der Waals surface area contributed by atoms with E-state index in [4.69, 9.17) is 4.42 Å². The van der Waals surface area contributed by atoms with Crippen LogP contribution < -0.4 is 10.6 Å². The van der Waals surface area contributed by atoms with Gasteiger partial charge in [0.05, 0.1) is 11.8 Å². The molecule has 1 amide bonds. The Kier molecular flexibility index (Phi) is 4.51. The smallest absolute Gasteiger partial charge is 0.255 e. The predicted molar refractivity (Wildman–Crippen MR) is 115 cm³/mol. The van der Waals surface area contributed by atoms with Crippen molar-refractivity contribution in [1.82, 2.24) is 14.8 Å². The first-order chi connectivity index (χ1) is 15.1. The van der Waals surface area contributed by atoms with Crippen LogP contribution in [0.1, 0.15) is 18.5 Å². The highest BCUT2D eigenvalue weighted by Crippen LogP contribution is 2.37. The van der Waals surface area contributed by atoms with Crippen molar-refractivity contribution >= 4 is 17.5 Å². The molecule has 3 N–H and O–H groups in total. The molecule has 31 heavy (non-hydrogen) atoms. The summed E-state index contributed by atoms with van der Waals surface area (Å²) in [5.41, 5.74) is 2.50. The minimum atomic E-state index is -0.594. The fraction of sp³-hybridized carbons (Fsp3) is 0.0870. The van der Waals surface area contributed by atoms with Crippen LogP contribution in [0.2, 0.25) is 0 Å². The van der Waals surface area contributed by atoms with Crippen molar-refractivity contribution in [3.8, 4) is 17.3 Å². The van der Waals surface area contributed by atoms with E-state index in [1.807, 2.05) is 43.3 Å². The molecule has 0 bridgehead atoms. The lowest BCUT2D eigenvalue weighted by atomic mass is 9.95. The molecule has 0 spiro atoms. The quantitative estimate of drug-likeness (QED) is 0.464. The minimum absolute atomic E-state index is 0.101. The first kappa shape index (κ1) is 18.7. The van der Waals surface area contributed by atoms with Crippen LogP contribution in [0.5, 0.6) is 5.75 Å². The number of para-hydroxylation sites is 1. The number of benzene rings is 2. The minimum Gasteiger partial charge on any atom is -0.508 e. The third-order valence-electron chi connectivity index (χ3n) is 5.06. The Morgan fingerprint density at radius 1 is 1.13 bits per heavy atom. The molecule has 0 saturated carbocycles. The van der Waals surface area contributed by atoms with Gasteiger partial charge in [-0.15, -0.1) is 5.10 Å². The zero-order chi connectivity index (χ0) is 21.4. The van der Waals surface area contributed by atoms with E-state index in [0.29, 0.717) is 40.1 Å². The molecule has 2 aromatic carbocycles. The lowest BCUT2D eigenvalue weighted by Crippen LogP contribution is -2.31. The number of aromatic hydroxyl groups is 1. The van der Waals surface area contributed by atoms with Crippen LogP contribution in [0.3, 0.4) is 0 Å². The molecule has 4 aromatic rings. The molecule has 8 heteroatoms. The number of aromatic nitrogens is 3. The number of amides is 1. The lowest BCUT2D eigenvalue weighted by Gasteiger charge is -2.28. The number of hydrogen-bond donors (Lipinski definition) is 3. The summed E-state index contributed by atoms with van der Waals surface area (Å²) in [4.78, 5) is 17.9. The molecule has 0 radical (unpaired) electrons. The van der Waals surface area contributed by atoms with Crippen molar-refractivity contribution in [3.63, 3.8) is 0 Å². The van der Waals surface area contributed by atoms with Crippen molar-refractivity contribution in [1.29, 1.82) is 0 Å². The average molecular weight is 413 g/mol. The third kappa shape index (κ3) is 3.44. The Morgan fingerprint density at radius 2 is 1.97 bits per heavy atom. The van der Waals surface area contributed by atoms with Crippen molar-refractivity contribution < 1.29 is 14.3 Å². The highest BCUT2D eigenvalue weighted by Gasteiger charge is 2.35. The van der Waals surface area contributed by atoms with E-state index in [2.05, 4.69) is 20.7 Å². The topological polar surface area (TPSA) is 105 Å². The van der Waals surface area contributed by atoms with Gasteiger partial charge in [-0.25, -0.2) is 4.68 Å². The molecule has 1 atom stereocenters. The predicted octanol–water partition coefficient (Wildman–Crippen LogP) is 4.17. The van der Waals surface area contributed by atoms with Crippen LogP contribution in [-0.4, -0.2) is 25.8 Å². The van der Waals surface area contributed by atoms with Crippen molar-refractivity contribution in [2.45, 2.75) is 13.0 Å². The summed E-state index contributed by atoms with van der Waals surface area (Å²) in [6.45, 7) is 1.82.